The SMILES string of the molecule is Cc1cccc(C(=O)OCc2nc(C)c(C)s2)c1N. The van der Waals surface area contributed by atoms with Crippen LogP contribution in [-0.4, -0.2) is 11.0 Å². The third-order valence-electron chi connectivity index (χ3n) is 2.94. The lowest BCUT2D eigenvalue weighted by Gasteiger charge is -2.07. The Kier molecular flexibility index (Phi) is 3.85. The van der Waals surface area contributed by atoms with E-state index in [1.54, 1.807) is 12.1 Å². The minimum absolute atomic E-state index is 0.186. The van der Waals surface area contributed by atoms with Crippen LogP contribution in [0.15, 0.2) is 18.2 Å². The van der Waals surface area contributed by atoms with Gasteiger partial charge in [-0.05, 0) is 32.4 Å². The van der Waals surface area contributed by atoms with E-state index >= 15 is 0 Å². The molecule has 0 aliphatic carbocycles. The number of nitrogen functional groups attached to an aromatic ring is 1. The molecule has 100 valence electrons. The Morgan fingerprint density at radius 1 is 1.37 bits per heavy atom. The molecule has 0 radical (unpaired) electrons. The molecule has 1 aromatic carbocycles. The number of aryl methyl sites for hydroxylation is 3. The topological polar surface area (TPSA) is 65.2 Å². The van der Waals surface area contributed by atoms with Crippen molar-refractivity contribution in [3.63, 3.8) is 0 Å². The number of hydrogen-bond acceptors (Lipinski definition) is 5. The van der Waals surface area contributed by atoms with Gasteiger partial charge < -0.3 is 10.5 Å². The maximum atomic E-state index is 12.0. The van der Waals surface area contributed by atoms with Crippen molar-refractivity contribution in [3.05, 3.63) is 44.9 Å². The monoisotopic (exact) mass is 276 g/mol. The van der Waals surface area contributed by atoms with Crippen molar-refractivity contribution in [1.29, 1.82) is 0 Å². The molecule has 1 heterocycles. The fourth-order valence-corrected chi connectivity index (χ4v) is 2.51. The Labute approximate surface area is 116 Å². The third kappa shape index (κ3) is 2.93. The zero-order valence-corrected chi connectivity index (χ0v) is 12.0. The molecule has 0 atom stereocenters. The van der Waals surface area contributed by atoms with Gasteiger partial charge in [0.25, 0.3) is 0 Å². The molecule has 0 amide bonds. The first kappa shape index (κ1) is 13.5. The van der Waals surface area contributed by atoms with Crippen molar-refractivity contribution in [2.45, 2.75) is 27.4 Å². The van der Waals surface area contributed by atoms with Crippen LogP contribution in [0.1, 0.15) is 31.5 Å². The summed E-state index contributed by atoms with van der Waals surface area (Å²) in [6.07, 6.45) is 0. The summed E-state index contributed by atoms with van der Waals surface area (Å²) in [4.78, 5) is 17.4. The smallest absolute Gasteiger partial charge is 0.340 e. The van der Waals surface area contributed by atoms with E-state index in [0.717, 1.165) is 21.1 Å². The van der Waals surface area contributed by atoms with Crippen molar-refractivity contribution >= 4 is 23.0 Å². The second-order valence-corrected chi connectivity index (χ2v) is 5.65. The second-order valence-electron chi connectivity index (χ2n) is 4.36. The van der Waals surface area contributed by atoms with Gasteiger partial charge in [0.15, 0.2) is 0 Å². The zero-order chi connectivity index (χ0) is 14.0. The molecular weight excluding hydrogens is 260 g/mol. The lowest BCUT2D eigenvalue weighted by molar-refractivity contribution is 0.0473. The van der Waals surface area contributed by atoms with Gasteiger partial charge in [-0.25, -0.2) is 9.78 Å². The summed E-state index contributed by atoms with van der Waals surface area (Å²) in [6, 6.07) is 5.32. The molecule has 2 rings (SSSR count). The summed E-state index contributed by atoms with van der Waals surface area (Å²) in [6.45, 7) is 5.98. The number of rotatable bonds is 3. The maximum absolute atomic E-state index is 12.0. The lowest BCUT2D eigenvalue weighted by Crippen LogP contribution is -2.09. The number of nitrogens with zero attached hydrogens (tertiary/aromatic N) is 1. The van der Waals surface area contributed by atoms with Gasteiger partial charge in [-0.3, -0.25) is 0 Å². The minimum Gasteiger partial charge on any atom is -0.455 e. The predicted molar refractivity (Wildman–Crippen MR) is 76.3 cm³/mol. The molecule has 0 fully saturated rings. The van der Waals surface area contributed by atoms with E-state index in [4.69, 9.17) is 10.5 Å². The highest BCUT2D eigenvalue weighted by Gasteiger charge is 2.13. The quantitative estimate of drug-likeness (QED) is 0.691. The van der Waals surface area contributed by atoms with Crippen LogP contribution in [0, 0.1) is 20.8 Å². The van der Waals surface area contributed by atoms with Crippen molar-refractivity contribution < 1.29 is 9.53 Å². The fraction of sp³-hybridized carbons (Fsp3) is 0.286. The molecule has 0 spiro atoms. The number of carbonyl (C=O) groups is 1. The number of benzene rings is 1. The highest BCUT2D eigenvalue weighted by molar-refractivity contribution is 7.11. The van der Waals surface area contributed by atoms with Gasteiger partial charge in [0, 0.05) is 10.6 Å². The van der Waals surface area contributed by atoms with E-state index in [2.05, 4.69) is 4.98 Å². The highest BCUT2D eigenvalue weighted by atomic mass is 32.1. The van der Waals surface area contributed by atoms with Gasteiger partial charge >= 0.3 is 5.97 Å². The number of hydrogen-bond donors (Lipinski definition) is 1. The molecule has 2 aromatic rings. The number of aromatic nitrogens is 1. The van der Waals surface area contributed by atoms with Crippen molar-refractivity contribution in [1.82, 2.24) is 4.98 Å². The highest BCUT2D eigenvalue weighted by Crippen LogP contribution is 2.20. The van der Waals surface area contributed by atoms with Crippen LogP contribution >= 0.6 is 11.3 Å². The number of carbonyl (C=O) groups excluding carboxylic acids is 1. The van der Waals surface area contributed by atoms with Crippen LogP contribution in [0.2, 0.25) is 0 Å². The van der Waals surface area contributed by atoms with E-state index in [-0.39, 0.29) is 6.61 Å². The van der Waals surface area contributed by atoms with Crippen molar-refractivity contribution in [2.75, 3.05) is 5.73 Å². The first-order chi connectivity index (χ1) is 8.99. The molecule has 0 bridgehead atoms. The number of thiazole rings is 1. The van der Waals surface area contributed by atoms with Gasteiger partial charge in [-0.15, -0.1) is 11.3 Å². The Hall–Kier alpha value is -1.88. The standard InChI is InChI=1S/C14H16N2O2S/c1-8-5-4-6-11(13(8)15)14(17)18-7-12-16-9(2)10(3)19-12/h4-6H,7,15H2,1-3H3. The lowest BCUT2D eigenvalue weighted by atomic mass is 10.1. The molecule has 1 aromatic heterocycles. The van der Waals surface area contributed by atoms with Crippen LogP contribution in [0.25, 0.3) is 0 Å². The van der Waals surface area contributed by atoms with Crippen molar-refractivity contribution in [3.8, 4) is 0 Å². The molecule has 4 nitrogen and oxygen atoms in total. The molecule has 0 aliphatic heterocycles. The molecule has 0 unspecified atom stereocenters. The molecule has 2 N–H and O–H groups in total. The first-order valence-electron chi connectivity index (χ1n) is 5.94. The summed E-state index contributed by atoms with van der Waals surface area (Å²) in [5.41, 5.74) is 8.59. The van der Waals surface area contributed by atoms with Gasteiger partial charge in [0.2, 0.25) is 0 Å². The third-order valence-corrected chi connectivity index (χ3v) is 3.99. The van der Waals surface area contributed by atoms with Crippen molar-refractivity contribution in [2.24, 2.45) is 0 Å². The largest absolute Gasteiger partial charge is 0.455 e. The molecule has 19 heavy (non-hydrogen) atoms. The molecule has 0 saturated heterocycles. The Balaban J connectivity index is 2.07. The first-order valence-corrected chi connectivity index (χ1v) is 6.76. The minimum atomic E-state index is -0.410. The second kappa shape index (κ2) is 5.40. The zero-order valence-electron chi connectivity index (χ0n) is 11.2. The Morgan fingerprint density at radius 3 is 2.74 bits per heavy atom. The van der Waals surface area contributed by atoms with Crippen LogP contribution in [0.3, 0.4) is 0 Å². The number of anilines is 1. The summed E-state index contributed by atoms with van der Waals surface area (Å²) in [5, 5.41) is 0.801. The van der Waals surface area contributed by atoms with Gasteiger partial charge in [-0.1, -0.05) is 12.1 Å². The van der Waals surface area contributed by atoms with E-state index in [1.807, 2.05) is 26.8 Å². The molecule has 0 saturated carbocycles. The average molecular weight is 276 g/mol. The van der Waals surface area contributed by atoms with Crippen LogP contribution in [-0.2, 0) is 11.3 Å². The number of ether oxygens (including phenoxy) is 1. The Bertz CT molecular complexity index is 600. The number of nitrogens with two attached hydrogens (primary N) is 1. The maximum Gasteiger partial charge on any atom is 0.340 e. The van der Waals surface area contributed by atoms with Crippen LogP contribution in [0.5, 0.6) is 0 Å². The summed E-state index contributed by atoms with van der Waals surface area (Å²) in [7, 11) is 0. The van der Waals surface area contributed by atoms with Gasteiger partial charge in [-0.2, -0.15) is 0 Å². The van der Waals surface area contributed by atoms with Crippen LogP contribution < -0.4 is 5.73 Å². The van der Waals surface area contributed by atoms with E-state index in [1.165, 1.54) is 11.3 Å². The Morgan fingerprint density at radius 2 is 2.11 bits per heavy atom. The summed E-state index contributed by atoms with van der Waals surface area (Å²) in [5.74, 6) is -0.410. The van der Waals surface area contributed by atoms with E-state index in [0.29, 0.717) is 11.3 Å². The van der Waals surface area contributed by atoms with Crippen LogP contribution in [0.4, 0.5) is 5.69 Å². The molecule has 5 heteroatoms. The summed E-state index contributed by atoms with van der Waals surface area (Å²) >= 11 is 1.54. The molecular formula is C14H16N2O2S. The van der Waals surface area contributed by atoms with E-state index in [9.17, 15) is 4.79 Å². The number of esters is 1. The molecule has 0 aliphatic rings. The van der Waals surface area contributed by atoms with Gasteiger partial charge in [0.1, 0.15) is 11.6 Å². The predicted octanol–water partition coefficient (Wildman–Crippen LogP) is 3.01. The van der Waals surface area contributed by atoms with Gasteiger partial charge in [0.05, 0.1) is 11.3 Å². The normalized spacial score (nSPS) is 10.5. The van der Waals surface area contributed by atoms with E-state index < -0.39 is 5.97 Å². The summed E-state index contributed by atoms with van der Waals surface area (Å²) < 4.78 is 5.25. The fourth-order valence-electron chi connectivity index (χ4n) is 1.66. The average Bonchev–Trinajstić information content (AvgIpc) is 2.69. The number of para-hydroxylation sites is 1.